The molecule has 0 radical (unpaired) electrons. The molecule has 0 amide bonds. The molecule has 3 nitrogen and oxygen atoms in total. The van der Waals surface area contributed by atoms with Crippen molar-refractivity contribution in [3.63, 3.8) is 0 Å². The van der Waals surface area contributed by atoms with E-state index in [9.17, 15) is 0 Å². The Balaban J connectivity index is 1.73. The van der Waals surface area contributed by atoms with Gasteiger partial charge in [0.15, 0.2) is 0 Å². The highest BCUT2D eigenvalue weighted by Gasteiger charge is 2.25. The van der Waals surface area contributed by atoms with E-state index >= 15 is 0 Å². The minimum absolute atomic E-state index is 0.333. The van der Waals surface area contributed by atoms with Gasteiger partial charge in [-0.3, -0.25) is 4.98 Å². The standard InChI is InChI=1S/C12H16N2O/c1-2-9(1)11-4-3-10(7-14-11)12-8-15-6-5-13-12/h3-4,7,9,12-13H,1-2,5-6,8H2. The summed E-state index contributed by atoms with van der Waals surface area (Å²) in [6.45, 7) is 2.53. The van der Waals surface area contributed by atoms with Crippen LogP contribution in [0.3, 0.4) is 0 Å². The van der Waals surface area contributed by atoms with E-state index in [1.54, 1.807) is 0 Å². The van der Waals surface area contributed by atoms with Crippen molar-refractivity contribution in [2.24, 2.45) is 0 Å². The Kier molecular flexibility index (Phi) is 2.43. The van der Waals surface area contributed by atoms with Crippen LogP contribution in [0.15, 0.2) is 18.3 Å². The number of hydrogen-bond donors (Lipinski definition) is 1. The highest BCUT2D eigenvalue weighted by Crippen LogP contribution is 2.38. The van der Waals surface area contributed by atoms with Gasteiger partial charge in [-0.05, 0) is 24.5 Å². The topological polar surface area (TPSA) is 34.1 Å². The third kappa shape index (κ3) is 2.03. The van der Waals surface area contributed by atoms with Crippen LogP contribution in [0, 0.1) is 0 Å². The van der Waals surface area contributed by atoms with Crippen molar-refractivity contribution in [1.82, 2.24) is 10.3 Å². The average Bonchev–Trinajstić information content (AvgIpc) is 3.15. The van der Waals surface area contributed by atoms with Crippen LogP contribution in [-0.2, 0) is 4.74 Å². The van der Waals surface area contributed by atoms with Gasteiger partial charge in [-0.25, -0.2) is 0 Å². The van der Waals surface area contributed by atoms with E-state index < -0.39 is 0 Å². The number of nitrogens with one attached hydrogen (secondary N) is 1. The number of rotatable bonds is 2. The lowest BCUT2D eigenvalue weighted by atomic mass is 10.1. The maximum atomic E-state index is 5.44. The van der Waals surface area contributed by atoms with Gasteiger partial charge in [0.1, 0.15) is 0 Å². The fourth-order valence-electron chi connectivity index (χ4n) is 2.02. The average molecular weight is 204 g/mol. The number of hydrogen-bond acceptors (Lipinski definition) is 3. The summed E-state index contributed by atoms with van der Waals surface area (Å²) in [6.07, 6.45) is 4.63. The van der Waals surface area contributed by atoms with Crippen LogP contribution >= 0.6 is 0 Å². The number of pyridine rings is 1. The number of ether oxygens (including phenoxy) is 1. The second-order valence-electron chi connectivity index (χ2n) is 4.37. The summed E-state index contributed by atoms with van der Waals surface area (Å²) in [6, 6.07) is 4.69. The minimum atomic E-state index is 0.333. The zero-order valence-electron chi connectivity index (χ0n) is 8.78. The molecule has 1 aromatic heterocycles. The van der Waals surface area contributed by atoms with Gasteiger partial charge >= 0.3 is 0 Å². The van der Waals surface area contributed by atoms with Crippen LogP contribution in [0.1, 0.15) is 36.1 Å². The molecule has 1 saturated heterocycles. The van der Waals surface area contributed by atoms with Gasteiger partial charge in [-0.1, -0.05) is 6.07 Å². The molecular weight excluding hydrogens is 188 g/mol. The SMILES string of the molecule is c1cc(C2CC2)ncc1C1COCCN1. The van der Waals surface area contributed by atoms with Crippen LogP contribution in [0.2, 0.25) is 0 Å². The molecule has 2 heterocycles. The van der Waals surface area contributed by atoms with Crippen molar-refractivity contribution in [3.05, 3.63) is 29.6 Å². The Hall–Kier alpha value is -0.930. The van der Waals surface area contributed by atoms with Crippen LogP contribution in [0.25, 0.3) is 0 Å². The summed E-state index contributed by atoms with van der Waals surface area (Å²) in [5.41, 5.74) is 2.51. The fourth-order valence-corrected chi connectivity index (χ4v) is 2.02. The summed E-state index contributed by atoms with van der Waals surface area (Å²) in [5, 5.41) is 3.43. The van der Waals surface area contributed by atoms with Crippen molar-refractivity contribution in [3.8, 4) is 0 Å². The lowest BCUT2D eigenvalue weighted by molar-refractivity contribution is 0.0768. The van der Waals surface area contributed by atoms with E-state index in [-0.39, 0.29) is 0 Å². The maximum Gasteiger partial charge on any atom is 0.0662 e. The van der Waals surface area contributed by atoms with Crippen LogP contribution in [-0.4, -0.2) is 24.7 Å². The predicted octanol–water partition coefficient (Wildman–Crippen LogP) is 1.62. The molecule has 0 spiro atoms. The Morgan fingerprint density at radius 1 is 1.33 bits per heavy atom. The minimum Gasteiger partial charge on any atom is -0.378 e. The molecule has 2 aliphatic rings. The molecule has 1 N–H and O–H groups in total. The van der Waals surface area contributed by atoms with E-state index in [1.165, 1.54) is 24.1 Å². The normalized spacial score (nSPS) is 26.5. The third-order valence-electron chi connectivity index (χ3n) is 3.13. The smallest absolute Gasteiger partial charge is 0.0662 e. The molecule has 0 bridgehead atoms. The highest BCUT2D eigenvalue weighted by molar-refractivity contribution is 5.22. The van der Waals surface area contributed by atoms with E-state index in [4.69, 9.17) is 4.74 Å². The summed E-state index contributed by atoms with van der Waals surface area (Å²) in [4.78, 5) is 4.52. The first-order chi connectivity index (χ1) is 7.43. The highest BCUT2D eigenvalue weighted by atomic mass is 16.5. The van der Waals surface area contributed by atoms with Crippen molar-refractivity contribution in [2.45, 2.75) is 24.8 Å². The second kappa shape index (κ2) is 3.91. The zero-order chi connectivity index (χ0) is 10.1. The van der Waals surface area contributed by atoms with Crippen LogP contribution in [0.5, 0.6) is 0 Å². The van der Waals surface area contributed by atoms with E-state index in [0.29, 0.717) is 6.04 Å². The Morgan fingerprint density at radius 3 is 2.87 bits per heavy atom. The molecule has 1 unspecified atom stereocenters. The second-order valence-corrected chi connectivity index (χ2v) is 4.37. The Morgan fingerprint density at radius 2 is 2.27 bits per heavy atom. The molecule has 1 aromatic rings. The molecule has 80 valence electrons. The van der Waals surface area contributed by atoms with E-state index in [0.717, 1.165) is 25.7 Å². The number of morpholine rings is 1. The molecule has 1 aliphatic heterocycles. The predicted molar refractivity (Wildman–Crippen MR) is 57.8 cm³/mol. The van der Waals surface area contributed by atoms with Crippen LogP contribution in [0.4, 0.5) is 0 Å². The van der Waals surface area contributed by atoms with Crippen molar-refractivity contribution in [1.29, 1.82) is 0 Å². The quantitative estimate of drug-likeness (QED) is 0.795. The van der Waals surface area contributed by atoms with Gasteiger partial charge < -0.3 is 10.1 Å². The first-order valence-corrected chi connectivity index (χ1v) is 5.70. The molecule has 0 aromatic carbocycles. The zero-order valence-corrected chi connectivity index (χ0v) is 8.78. The lowest BCUT2D eigenvalue weighted by Gasteiger charge is -2.23. The van der Waals surface area contributed by atoms with E-state index in [1.807, 2.05) is 6.20 Å². The maximum absolute atomic E-state index is 5.44. The Bertz CT molecular complexity index is 326. The first kappa shape index (κ1) is 9.31. The molecule has 1 aliphatic carbocycles. The van der Waals surface area contributed by atoms with Crippen LogP contribution < -0.4 is 5.32 Å². The van der Waals surface area contributed by atoms with Gasteiger partial charge in [-0.15, -0.1) is 0 Å². The van der Waals surface area contributed by atoms with Crippen molar-refractivity contribution < 1.29 is 4.74 Å². The number of nitrogens with zero attached hydrogens (tertiary/aromatic N) is 1. The van der Waals surface area contributed by atoms with Gasteiger partial charge in [0.25, 0.3) is 0 Å². The summed E-state index contributed by atoms with van der Waals surface area (Å²) < 4.78 is 5.44. The van der Waals surface area contributed by atoms with Crippen molar-refractivity contribution in [2.75, 3.05) is 19.8 Å². The Labute approximate surface area is 89.9 Å². The summed E-state index contributed by atoms with van der Waals surface area (Å²) >= 11 is 0. The molecule has 2 fully saturated rings. The fraction of sp³-hybridized carbons (Fsp3) is 0.583. The van der Waals surface area contributed by atoms with Crippen molar-refractivity contribution >= 4 is 0 Å². The number of aromatic nitrogens is 1. The summed E-state index contributed by atoms with van der Waals surface area (Å²) in [7, 11) is 0. The molecule has 3 rings (SSSR count). The lowest BCUT2D eigenvalue weighted by Crippen LogP contribution is -2.34. The molecule has 3 heteroatoms. The monoisotopic (exact) mass is 204 g/mol. The third-order valence-corrected chi connectivity index (χ3v) is 3.13. The summed E-state index contributed by atoms with van der Waals surface area (Å²) in [5.74, 6) is 0.745. The first-order valence-electron chi connectivity index (χ1n) is 5.70. The molecule has 1 saturated carbocycles. The van der Waals surface area contributed by atoms with Gasteiger partial charge in [0.05, 0.1) is 19.3 Å². The van der Waals surface area contributed by atoms with Gasteiger partial charge in [-0.2, -0.15) is 0 Å². The van der Waals surface area contributed by atoms with Gasteiger partial charge in [0.2, 0.25) is 0 Å². The van der Waals surface area contributed by atoms with E-state index in [2.05, 4.69) is 22.4 Å². The molecular formula is C12H16N2O. The molecule has 1 atom stereocenters. The largest absolute Gasteiger partial charge is 0.378 e. The van der Waals surface area contributed by atoms with Gasteiger partial charge in [0, 0.05) is 24.4 Å². The molecule has 15 heavy (non-hydrogen) atoms.